The molecule has 3 aromatic carbocycles. The summed E-state index contributed by atoms with van der Waals surface area (Å²) < 4.78 is 26.0. The largest absolute Gasteiger partial charge is 0.493 e. The molecule has 5 heterocycles. The third-order valence-corrected chi connectivity index (χ3v) is 9.40. The minimum Gasteiger partial charge on any atom is -0.493 e. The normalized spacial score (nSPS) is 15.6. The molecule has 0 spiro atoms. The molecule has 8 rings (SSSR count). The quantitative estimate of drug-likeness (QED) is 0.189. The van der Waals surface area contributed by atoms with Gasteiger partial charge < -0.3 is 28.6 Å². The number of rotatable bonds is 7. The lowest BCUT2D eigenvalue weighted by Crippen LogP contribution is -2.31. The Bertz CT molecular complexity index is 2190. The number of ether oxygens (including phenoxy) is 4. The fraction of sp³-hybridized carbons (Fsp3) is 0.250. The first-order valence-corrected chi connectivity index (χ1v) is 16.8. The minimum atomic E-state index is -0.966. The van der Waals surface area contributed by atoms with Gasteiger partial charge in [-0.05, 0) is 72.4 Å². The average Bonchev–Trinajstić information content (AvgIpc) is 3.47. The smallest absolute Gasteiger partial charge is 0.335 e. The molecule has 6 aromatic rings. The summed E-state index contributed by atoms with van der Waals surface area (Å²) in [4.78, 5) is 26.0. The van der Waals surface area contributed by atoms with E-state index in [-0.39, 0.29) is 11.7 Å². The van der Waals surface area contributed by atoms with Gasteiger partial charge in [0.05, 0.1) is 48.7 Å². The first kappa shape index (κ1) is 31.5. The molecule has 10 heteroatoms. The van der Waals surface area contributed by atoms with Gasteiger partial charge in [0.2, 0.25) is 11.8 Å². The molecule has 4 bridgehead atoms. The van der Waals surface area contributed by atoms with Crippen LogP contribution in [0.15, 0.2) is 91.1 Å². The summed E-state index contributed by atoms with van der Waals surface area (Å²) in [7, 11) is 1.61. The number of hydrogen-bond donors (Lipinski definition) is 1. The highest BCUT2D eigenvalue weighted by atomic mass is 16.5. The molecule has 0 amide bonds. The number of carboxylic acid groups (broad SMARTS) is 1. The zero-order valence-electron chi connectivity index (χ0n) is 27.7. The molecule has 1 saturated heterocycles. The maximum absolute atomic E-state index is 11.8. The summed E-state index contributed by atoms with van der Waals surface area (Å²) in [6.07, 6.45) is 4.94. The Morgan fingerprint density at radius 2 is 1.80 bits per heavy atom. The Balaban J connectivity index is 1.12. The highest BCUT2D eigenvalue weighted by Gasteiger charge is 2.23. The van der Waals surface area contributed by atoms with Gasteiger partial charge in [-0.25, -0.2) is 19.7 Å². The van der Waals surface area contributed by atoms with Crippen LogP contribution in [-0.4, -0.2) is 57.0 Å². The molecule has 50 heavy (non-hydrogen) atoms. The van der Waals surface area contributed by atoms with E-state index in [1.165, 1.54) is 5.56 Å². The zero-order valence-corrected chi connectivity index (χ0v) is 27.7. The minimum absolute atomic E-state index is 0.0706. The van der Waals surface area contributed by atoms with Gasteiger partial charge in [0.25, 0.3) is 0 Å². The van der Waals surface area contributed by atoms with Crippen molar-refractivity contribution >= 4 is 17.0 Å². The second-order valence-corrected chi connectivity index (χ2v) is 12.6. The van der Waals surface area contributed by atoms with Crippen molar-refractivity contribution in [3.63, 3.8) is 0 Å². The summed E-state index contributed by atoms with van der Waals surface area (Å²) >= 11 is 0. The van der Waals surface area contributed by atoms with Crippen molar-refractivity contribution in [1.29, 1.82) is 0 Å². The third-order valence-electron chi connectivity index (χ3n) is 9.40. The Kier molecular flexibility index (Phi) is 8.60. The van der Waals surface area contributed by atoms with Crippen LogP contribution in [-0.2, 0) is 30.7 Å². The number of nitrogens with zero attached hydrogens (tertiary/aromatic N) is 4. The van der Waals surface area contributed by atoms with E-state index in [9.17, 15) is 9.90 Å². The Labute approximate surface area is 289 Å². The molecule has 1 fully saturated rings. The standard InChI is InChI=1S/C40H36N4O6/c1-47-38-14-12-30(22-41-38)26-7-10-31-24-50-39-6-2-5-33(43-39)27-8-9-28(36(20-27)49-16-3-4-25(31)18-26)21-37-42-34-13-11-29(40(45)46)19-35(34)44(37)23-32-15-17-48-32/h2,5-14,18-20,22,32H,3-4,15-17,21,23-24H2,1H3,(H,45,46)/t32-/m0/s1. The van der Waals surface area contributed by atoms with E-state index >= 15 is 0 Å². The average molecular weight is 669 g/mol. The number of fused-ring (bicyclic) bond motifs is 7. The van der Waals surface area contributed by atoms with E-state index in [1.54, 1.807) is 25.3 Å². The van der Waals surface area contributed by atoms with Crippen molar-refractivity contribution in [2.75, 3.05) is 20.3 Å². The maximum Gasteiger partial charge on any atom is 0.335 e. The van der Waals surface area contributed by atoms with Crippen molar-refractivity contribution in [3.8, 4) is 39.9 Å². The van der Waals surface area contributed by atoms with Crippen molar-refractivity contribution in [2.45, 2.75) is 44.9 Å². The number of pyridine rings is 2. The second kappa shape index (κ2) is 13.6. The molecule has 2 aliphatic rings. The first-order valence-electron chi connectivity index (χ1n) is 16.8. The van der Waals surface area contributed by atoms with Crippen LogP contribution in [0.4, 0.5) is 0 Å². The lowest BCUT2D eigenvalue weighted by molar-refractivity contribution is -0.0589. The number of hydrogen-bond acceptors (Lipinski definition) is 8. The predicted octanol–water partition coefficient (Wildman–Crippen LogP) is 7.15. The van der Waals surface area contributed by atoms with E-state index in [4.69, 9.17) is 28.9 Å². The van der Waals surface area contributed by atoms with Crippen LogP contribution < -0.4 is 14.2 Å². The van der Waals surface area contributed by atoms with Crippen molar-refractivity contribution < 1.29 is 28.8 Å². The molecule has 1 atom stereocenters. The highest BCUT2D eigenvalue weighted by Crippen LogP contribution is 2.32. The molecule has 10 nitrogen and oxygen atoms in total. The van der Waals surface area contributed by atoms with E-state index in [2.05, 4.69) is 39.9 Å². The van der Waals surface area contributed by atoms with Crippen LogP contribution in [0.2, 0.25) is 0 Å². The summed E-state index contributed by atoms with van der Waals surface area (Å²) in [5.41, 5.74) is 8.81. The molecular formula is C40H36N4O6. The van der Waals surface area contributed by atoms with Crippen LogP contribution in [0.25, 0.3) is 33.4 Å². The fourth-order valence-corrected chi connectivity index (χ4v) is 6.54. The fourth-order valence-electron chi connectivity index (χ4n) is 6.54. The van der Waals surface area contributed by atoms with Gasteiger partial charge in [-0.2, -0.15) is 0 Å². The molecule has 252 valence electrons. The molecule has 0 unspecified atom stereocenters. The second-order valence-electron chi connectivity index (χ2n) is 12.6. The topological polar surface area (TPSA) is 118 Å². The first-order chi connectivity index (χ1) is 24.5. The Morgan fingerprint density at radius 1 is 0.920 bits per heavy atom. The van der Waals surface area contributed by atoms with Crippen molar-refractivity contribution in [1.82, 2.24) is 19.5 Å². The van der Waals surface area contributed by atoms with Gasteiger partial charge in [-0.3, -0.25) is 0 Å². The molecule has 3 aromatic heterocycles. The number of imidazole rings is 1. The number of benzene rings is 3. The van der Waals surface area contributed by atoms with Crippen LogP contribution in [0.1, 0.15) is 45.7 Å². The van der Waals surface area contributed by atoms with Crippen molar-refractivity contribution in [2.24, 2.45) is 0 Å². The van der Waals surface area contributed by atoms with E-state index in [0.717, 1.165) is 82.0 Å². The number of aromatic carboxylic acids is 1. The van der Waals surface area contributed by atoms with Crippen molar-refractivity contribution in [3.05, 3.63) is 119 Å². The Hall–Kier alpha value is -5.74. The van der Waals surface area contributed by atoms with Crippen LogP contribution >= 0.6 is 0 Å². The number of methoxy groups -OCH3 is 1. The van der Waals surface area contributed by atoms with Crippen LogP contribution in [0.3, 0.4) is 0 Å². The lowest BCUT2D eigenvalue weighted by atomic mass is 9.97. The van der Waals surface area contributed by atoms with Crippen LogP contribution in [0, 0.1) is 0 Å². The molecule has 0 radical (unpaired) electrons. The van der Waals surface area contributed by atoms with Gasteiger partial charge in [0.1, 0.15) is 18.2 Å². The summed E-state index contributed by atoms with van der Waals surface area (Å²) in [5, 5.41) is 9.68. The summed E-state index contributed by atoms with van der Waals surface area (Å²) in [6, 6.07) is 27.3. The summed E-state index contributed by atoms with van der Waals surface area (Å²) in [6.45, 7) is 2.25. The van der Waals surface area contributed by atoms with Gasteiger partial charge in [0.15, 0.2) is 0 Å². The third kappa shape index (κ3) is 6.49. The van der Waals surface area contributed by atoms with Gasteiger partial charge >= 0.3 is 5.97 Å². The molecule has 2 aliphatic heterocycles. The monoisotopic (exact) mass is 668 g/mol. The highest BCUT2D eigenvalue weighted by molar-refractivity contribution is 5.92. The predicted molar refractivity (Wildman–Crippen MR) is 188 cm³/mol. The Morgan fingerprint density at radius 3 is 2.60 bits per heavy atom. The summed E-state index contributed by atoms with van der Waals surface area (Å²) in [5.74, 6) is 1.75. The van der Waals surface area contributed by atoms with Gasteiger partial charge in [-0.15, -0.1) is 0 Å². The maximum atomic E-state index is 11.8. The number of aryl methyl sites for hydroxylation is 1. The molecule has 0 saturated carbocycles. The van der Waals surface area contributed by atoms with E-state index < -0.39 is 5.97 Å². The number of aromatic nitrogens is 4. The molecule has 0 aliphatic carbocycles. The van der Waals surface area contributed by atoms with Gasteiger partial charge in [0, 0.05) is 48.0 Å². The van der Waals surface area contributed by atoms with Gasteiger partial charge in [-0.1, -0.05) is 36.4 Å². The number of carboxylic acids is 1. The SMILES string of the molecule is COc1ccc(-c2ccc3c(c2)CCCOc2cc(ccc2Cc2nc4ccc(C(=O)O)cc4n2C[C@@H]2CCO2)-c2cccc(n2)OC3)cn1. The van der Waals surface area contributed by atoms with Crippen LogP contribution in [0.5, 0.6) is 17.5 Å². The molecule has 1 N–H and O–H groups in total. The number of carbonyl (C=O) groups is 1. The van der Waals surface area contributed by atoms with E-state index in [0.29, 0.717) is 37.9 Å². The zero-order chi connectivity index (χ0) is 34.0. The van der Waals surface area contributed by atoms with E-state index in [1.807, 2.05) is 42.6 Å². The lowest BCUT2D eigenvalue weighted by Gasteiger charge is -2.27. The molecular weight excluding hydrogens is 632 g/mol.